The monoisotopic (exact) mass is 493 g/mol. The van der Waals surface area contributed by atoms with Crippen LogP contribution < -0.4 is 15.9 Å². The third-order valence-electron chi connectivity index (χ3n) is 6.08. The fourth-order valence-corrected chi connectivity index (χ4v) is 8.96. The molecule has 0 saturated carbocycles. The molecule has 0 aliphatic carbocycles. The summed E-state index contributed by atoms with van der Waals surface area (Å²) >= 11 is 0. The van der Waals surface area contributed by atoms with Gasteiger partial charge in [0, 0.05) is 5.56 Å². The molecule has 7 heteroatoms. The third kappa shape index (κ3) is 4.39. The van der Waals surface area contributed by atoms with E-state index >= 15 is 0 Å². The minimum Gasteiger partial charge on any atom is -0.481 e. The van der Waals surface area contributed by atoms with Crippen molar-refractivity contribution in [2.75, 3.05) is 7.11 Å². The highest BCUT2D eigenvalue weighted by molar-refractivity contribution is 7.95. The van der Waals surface area contributed by atoms with Crippen LogP contribution in [0.3, 0.4) is 0 Å². The number of hydrogen-bond acceptors (Lipinski definition) is 5. The highest BCUT2D eigenvalue weighted by Gasteiger charge is 2.54. The summed E-state index contributed by atoms with van der Waals surface area (Å²) in [5.74, 6) is -0.210. The first-order valence-electron chi connectivity index (χ1n) is 11.6. The molecule has 0 aliphatic heterocycles. The fourth-order valence-electron chi connectivity index (χ4n) is 4.46. The zero-order valence-corrected chi connectivity index (χ0v) is 20.7. The summed E-state index contributed by atoms with van der Waals surface area (Å²) in [4.78, 5) is 1.61. The van der Waals surface area contributed by atoms with Gasteiger partial charge in [-0.2, -0.15) is 0 Å². The molecule has 5 rings (SSSR count). The summed E-state index contributed by atoms with van der Waals surface area (Å²) in [5, 5.41) is 27.8. The Balaban J connectivity index is 1.84. The smallest absolute Gasteiger partial charge is 0.278 e. The number of ether oxygens (including phenoxy) is 1. The normalized spacial score (nSPS) is 12.8. The Kier molecular flexibility index (Phi) is 6.87. The highest BCUT2D eigenvalue weighted by atomic mass is 31.2. The van der Waals surface area contributed by atoms with Gasteiger partial charge in [-0.1, -0.05) is 84.9 Å². The largest absolute Gasteiger partial charge is 0.481 e. The SMILES string of the molecule is CO/C(O)=C/C(n1nnc(-c2ccccc2)n1)[P+](c1ccccc1)(c1ccccc1)c1ccccc1. The van der Waals surface area contributed by atoms with Crippen LogP contribution in [0.5, 0.6) is 0 Å². The number of aliphatic hydroxyl groups is 1. The van der Waals surface area contributed by atoms with Crippen molar-refractivity contribution >= 4 is 23.2 Å². The Bertz CT molecular complexity index is 1330. The van der Waals surface area contributed by atoms with E-state index in [0.29, 0.717) is 5.82 Å². The number of aromatic nitrogens is 4. The number of methoxy groups -OCH3 is 1. The molecular formula is C29H26N4O2P+. The van der Waals surface area contributed by atoms with Gasteiger partial charge in [0.15, 0.2) is 0 Å². The molecule has 0 bridgehead atoms. The maximum atomic E-state index is 10.7. The number of aliphatic hydroxyl groups excluding tert-OH is 1. The van der Waals surface area contributed by atoms with Gasteiger partial charge in [-0.3, -0.25) is 0 Å². The predicted octanol–water partition coefficient (Wildman–Crippen LogP) is 4.88. The van der Waals surface area contributed by atoms with E-state index in [9.17, 15) is 5.11 Å². The second kappa shape index (κ2) is 10.5. The Morgan fingerprint density at radius 2 is 1.19 bits per heavy atom. The van der Waals surface area contributed by atoms with E-state index < -0.39 is 13.0 Å². The van der Waals surface area contributed by atoms with Crippen LogP contribution in [0.4, 0.5) is 0 Å². The first-order chi connectivity index (χ1) is 17.7. The molecule has 1 unspecified atom stereocenters. The van der Waals surface area contributed by atoms with Crippen molar-refractivity contribution in [3.8, 4) is 11.4 Å². The first kappa shape index (κ1) is 23.5. The molecule has 0 spiro atoms. The molecule has 0 aliphatic rings. The molecule has 0 saturated heterocycles. The van der Waals surface area contributed by atoms with Gasteiger partial charge in [0.1, 0.15) is 23.2 Å². The standard InChI is InChI=1S/C29H25N4O2P/c1-35-28(34)22-27(33-31-29(30-32-33)23-14-6-2-7-15-23)36(24-16-8-3-9-17-24,25-18-10-4-11-19-25)26-20-12-5-13-21-26/h2-22,27H,1H3/p+1/b28-22+. The van der Waals surface area contributed by atoms with Gasteiger partial charge in [0.25, 0.3) is 5.95 Å². The molecule has 1 heterocycles. The molecular weight excluding hydrogens is 467 g/mol. The van der Waals surface area contributed by atoms with Crippen LogP contribution in [0.1, 0.15) is 5.78 Å². The van der Waals surface area contributed by atoms with Crippen LogP contribution in [0.2, 0.25) is 0 Å². The van der Waals surface area contributed by atoms with E-state index in [1.54, 1.807) is 10.9 Å². The third-order valence-corrected chi connectivity index (χ3v) is 10.6. The van der Waals surface area contributed by atoms with Gasteiger partial charge in [-0.15, -0.1) is 15.0 Å². The van der Waals surface area contributed by atoms with Crippen LogP contribution in [0, 0.1) is 0 Å². The van der Waals surface area contributed by atoms with Crippen molar-refractivity contribution in [3.05, 3.63) is 133 Å². The minimum atomic E-state index is -2.55. The lowest BCUT2D eigenvalue weighted by Crippen LogP contribution is -2.37. The fraction of sp³-hybridized carbons (Fsp3) is 0.0690. The number of tetrazole rings is 1. The molecule has 0 fully saturated rings. The Labute approximate surface area is 210 Å². The van der Waals surface area contributed by atoms with Crippen molar-refractivity contribution < 1.29 is 9.84 Å². The van der Waals surface area contributed by atoms with E-state index in [0.717, 1.165) is 21.5 Å². The number of nitrogens with zero attached hydrogens (tertiary/aromatic N) is 4. The Morgan fingerprint density at radius 1 is 0.750 bits per heavy atom. The summed E-state index contributed by atoms with van der Waals surface area (Å²) < 4.78 is 5.24. The topological polar surface area (TPSA) is 73.1 Å². The van der Waals surface area contributed by atoms with Crippen molar-refractivity contribution in [1.29, 1.82) is 0 Å². The quantitative estimate of drug-likeness (QED) is 0.246. The maximum Gasteiger partial charge on any atom is 0.278 e. The van der Waals surface area contributed by atoms with Crippen LogP contribution in [-0.2, 0) is 4.74 Å². The van der Waals surface area contributed by atoms with Gasteiger partial charge in [-0.05, 0) is 41.6 Å². The summed E-state index contributed by atoms with van der Waals surface area (Å²) in [7, 11) is -1.10. The zero-order valence-electron chi connectivity index (χ0n) is 19.8. The zero-order chi connectivity index (χ0) is 24.8. The van der Waals surface area contributed by atoms with Crippen LogP contribution in [-0.4, -0.2) is 32.4 Å². The molecule has 6 nitrogen and oxygen atoms in total. The van der Waals surface area contributed by atoms with E-state index in [-0.39, 0.29) is 5.95 Å². The van der Waals surface area contributed by atoms with E-state index in [1.807, 2.05) is 84.9 Å². The van der Waals surface area contributed by atoms with Gasteiger partial charge >= 0.3 is 0 Å². The second-order valence-corrected chi connectivity index (χ2v) is 11.7. The summed E-state index contributed by atoms with van der Waals surface area (Å²) in [6, 6.07) is 40.8. The maximum absolute atomic E-state index is 10.7. The average Bonchev–Trinajstić information content (AvgIpc) is 3.45. The van der Waals surface area contributed by atoms with E-state index in [1.165, 1.54) is 7.11 Å². The highest BCUT2D eigenvalue weighted by Crippen LogP contribution is 2.65. The van der Waals surface area contributed by atoms with Crippen molar-refractivity contribution in [2.45, 2.75) is 5.78 Å². The molecule has 1 N–H and O–H groups in total. The van der Waals surface area contributed by atoms with Crippen LogP contribution in [0.25, 0.3) is 11.4 Å². The first-order valence-corrected chi connectivity index (χ1v) is 13.4. The Morgan fingerprint density at radius 3 is 1.64 bits per heavy atom. The molecule has 5 aromatic rings. The van der Waals surface area contributed by atoms with E-state index in [4.69, 9.17) is 9.84 Å². The Hall–Kier alpha value is -4.28. The van der Waals surface area contributed by atoms with E-state index in [2.05, 4.69) is 46.7 Å². The van der Waals surface area contributed by atoms with Crippen molar-refractivity contribution in [1.82, 2.24) is 20.2 Å². The van der Waals surface area contributed by atoms with Crippen LogP contribution >= 0.6 is 7.26 Å². The summed E-state index contributed by atoms with van der Waals surface area (Å²) in [6.07, 6.45) is 1.69. The lowest BCUT2D eigenvalue weighted by molar-refractivity contribution is 0.133. The molecule has 0 radical (unpaired) electrons. The van der Waals surface area contributed by atoms with Crippen LogP contribution in [0.15, 0.2) is 133 Å². The van der Waals surface area contributed by atoms with Crippen molar-refractivity contribution in [2.24, 2.45) is 0 Å². The molecule has 1 atom stereocenters. The lowest BCUT2D eigenvalue weighted by atomic mass is 10.2. The molecule has 178 valence electrons. The van der Waals surface area contributed by atoms with Gasteiger partial charge in [-0.25, -0.2) is 0 Å². The minimum absolute atomic E-state index is 0.203. The summed E-state index contributed by atoms with van der Waals surface area (Å²) in [6.45, 7) is 0. The molecule has 36 heavy (non-hydrogen) atoms. The van der Waals surface area contributed by atoms with Gasteiger partial charge < -0.3 is 9.84 Å². The molecule has 1 aromatic heterocycles. The molecule has 4 aromatic carbocycles. The number of allylic oxidation sites excluding steroid dienone is 1. The number of hydrogen-bond donors (Lipinski definition) is 1. The molecule has 0 amide bonds. The predicted molar refractivity (Wildman–Crippen MR) is 145 cm³/mol. The van der Waals surface area contributed by atoms with Crippen molar-refractivity contribution in [3.63, 3.8) is 0 Å². The average molecular weight is 494 g/mol. The van der Waals surface area contributed by atoms with Gasteiger partial charge in [0.2, 0.25) is 11.6 Å². The summed E-state index contributed by atoms with van der Waals surface area (Å²) in [5.41, 5.74) is 0.866. The number of rotatable bonds is 8. The second-order valence-electron chi connectivity index (χ2n) is 8.15. The number of benzene rings is 4. The van der Waals surface area contributed by atoms with Gasteiger partial charge in [0.05, 0.1) is 13.2 Å². The lowest BCUT2D eigenvalue weighted by Gasteiger charge is -2.32.